The van der Waals surface area contributed by atoms with Gasteiger partial charge in [0.05, 0.1) is 22.9 Å². The second-order valence-electron chi connectivity index (χ2n) is 5.69. The molecular formula is C17H17Br2N5O2. The van der Waals surface area contributed by atoms with Gasteiger partial charge < -0.3 is 9.64 Å². The number of rotatable bonds is 6. The van der Waals surface area contributed by atoms with E-state index >= 15 is 0 Å². The Labute approximate surface area is 167 Å². The average Bonchev–Trinajstić information content (AvgIpc) is 3.22. The highest BCUT2D eigenvalue weighted by Gasteiger charge is 2.18. The molecule has 2 aromatic heterocycles. The zero-order valence-electron chi connectivity index (χ0n) is 14.3. The fourth-order valence-corrected chi connectivity index (χ4v) is 3.06. The van der Waals surface area contributed by atoms with Crippen LogP contribution >= 0.6 is 31.9 Å². The van der Waals surface area contributed by atoms with E-state index in [1.165, 1.54) is 0 Å². The third kappa shape index (κ3) is 4.34. The van der Waals surface area contributed by atoms with Gasteiger partial charge in [-0.1, -0.05) is 15.9 Å². The summed E-state index contributed by atoms with van der Waals surface area (Å²) in [5.41, 5.74) is 1.28. The summed E-state index contributed by atoms with van der Waals surface area (Å²) < 4.78 is 10.8. The van der Waals surface area contributed by atoms with Gasteiger partial charge >= 0.3 is 0 Å². The largest absolute Gasteiger partial charge is 0.471 e. The lowest BCUT2D eigenvalue weighted by Gasteiger charge is -2.16. The smallest absolute Gasteiger partial charge is 0.274 e. The second-order valence-corrected chi connectivity index (χ2v) is 7.46. The maximum absolute atomic E-state index is 12.6. The summed E-state index contributed by atoms with van der Waals surface area (Å²) in [5.74, 6) is 0.565. The van der Waals surface area contributed by atoms with Crippen LogP contribution in [0.3, 0.4) is 0 Å². The van der Waals surface area contributed by atoms with Gasteiger partial charge in [-0.2, -0.15) is 10.2 Å². The van der Waals surface area contributed by atoms with Crippen molar-refractivity contribution in [3.05, 3.63) is 63.1 Å². The van der Waals surface area contributed by atoms with Gasteiger partial charge in [0, 0.05) is 24.8 Å². The normalized spacial score (nSPS) is 10.8. The SMILES string of the molecule is CN(Cc1c(Br)cnn1C)C(=O)c1ccn(COc2ccc(Br)cc2)n1. The van der Waals surface area contributed by atoms with Gasteiger partial charge in [-0.3, -0.25) is 9.48 Å². The number of nitrogens with zero attached hydrogens (tertiary/aromatic N) is 5. The molecule has 0 radical (unpaired) electrons. The Morgan fingerprint density at radius 1 is 1.23 bits per heavy atom. The summed E-state index contributed by atoms with van der Waals surface area (Å²) in [7, 11) is 3.58. The number of benzene rings is 1. The molecule has 0 N–H and O–H groups in total. The van der Waals surface area contributed by atoms with Crippen LogP contribution in [0, 0.1) is 0 Å². The summed E-state index contributed by atoms with van der Waals surface area (Å²) in [6.45, 7) is 0.657. The van der Waals surface area contributed by atoms with E-state index in [-0.39, 0.29) is 12.6 Å². The predicted octanol–water partition coefficient (Wildman–Crippen LogP) is 3.45. The number of carbonyl (C=O) groups excluding carboxylic acids is 1. The summed E-state index contributed by atoms with van der Waals surface area (Å²) in [4.78, 5) is 14.2. The molecule has 9 heteroatoms. The molecule has 0 fully saturated rings. The van der Waals surface area contributed by atoms with Crippen LogP contribution < -0.4 is 4.74 Å². The van der Waals surface area contributed by atoms with Gasteiger partial charge in [0.25, 0.3) is 5.91 Å². The molecule has 2 heterocycles. The Bertz CT molecular complexity index is 885. The minimum absolute atomic E-state index is 0.166. The lowest BCUT2D eigenvalue weighted by atomic mass is 10.3. The van der Waals surface area contributed by atoms with Crippen LogP contribution in [0.2, 0.25) is 0 Å². The van der Waals surface area contributed by atoms with Crippen LogP contribution in [-0.2, 0) is 20.3 Å². The third-order valence-corrected chi connectivity index (χ3v) is 4.97. The molecule has 0 aliphatic rings. The van der Waals surface area contributed by atoms with Crippen molar-refractivity contribution in [3.63, 3.8) is 0 Å². The summed E-state index contributed by atoms with van der Waals surface area (Å²) in [5, 5.41) is 8.45. The van der Waals surface area contributed by atoms with Crippen molar-refractivity contribution in [1.82, 2.24) is 24.5 Å². The molecule has 3 rings (SSSR count). The Hall–Kier alpha value is -2.13. The van der Waals surface area contributed by atoms with Gasteiger partial charge in [-0.05, 0) is 46.3 Å². The van der Waals surface area contributed by atoms with Gasteiger partial charge in [-0.25, -0.2) is 4.68 Å². The van der Waals surface area contributed by atoms with Crippen LogP contribution in [0.25, 0.3) is 0 Å². The highest BCUT2D eigenvalue weighted by molar-refractivity contribution is 9.10. The van der Waals surface area contributed by atoms with E-state index in [2.05, 4.69) is 42.1 Å². The van der Waals surface area contributed by atoms with Gasteiger partial charge in [0.1, 0.15) is 5.75 Å². The minimum Gasteiger partial charge on any atom is -0.471 e. The Morgan fingerprint density at radius 3 is 2.62 bits per heavy atom. The van der Waals surface area contributed by atoms with Crippen molar-refractivity contribution in [3.8, 4) is 5.75 Å². The lowest BCUT2D eigenvalue weighted by molar-refractivity contribution is 0.0773. The van der Waals surface area contributed by atoms with Crippen molar-refractivity contribution in [2.45, 2.75) is 13.3 Å². The Balaban J connectivity index is 1.61. The monoisotopic (exact) mass is 481 g/mol. The molecule has 3 aromatic rings. The van der Waals surface area contributed by atoms with Crippen LogP contribution in [0.4, 0.5) is 0 Å². The number of aromatic nitrogens is 4. The zero-order chi connectivity index (χ0) is 18.7. The molecule has 0 bridgehead atoms. The molecule has 0 aliphatic heterocycles. The standard InChI is InChI=1S/C17H17Br2N5O2/c1-22(10-16-14(19)9-20-23(16)2)17(25)15-7-8-24(21-15)11-26-13-5-3-12(18)4-6-13/h3-9H,10-11H2,1-2H3. The van der Waals surface area contributed by atoms with Gasteiger partial charge in [0.2, 0.25) is 0 Å². The number of ether oxygens (including phenoxy) is 1. The van der Waals surface area contributed by atoms with Crippen LogP contribution in [0.1, 0.15) is 16.2 Å². The predicted molar refractivity (Wildman–Crippen MR) is 104 cm³/mol. The van der Waals surface area contributed by atoms with Crippen molar-refractivity contribution in [1.29, 1.82) is 0 Å². The number of carbonyl (C=O) groups is 1. The van der Waals surface area contributed by atoms with Crippen LogP contribution in [0.5, 0.6) is 5.75 Å². The summed E-state index contributed by atoms with van der Waals surface area (Å²) in [6, 6.07) is 9.21. The van der Waals surface area contributed by atoms with E-state index in [0.717, 1.165) is 20.4 Å². The first kappa shape index (κ1) is 18.7. The Morgan fingerprint density at radius 2 is 1.96 bits per heavy atom. The number of halogens is 2. The fourth-order valence-electron chi connectivity index (χ4n) is 2.33. The van der Waals surface area contributed by atoms with Crippen LogP contribution in [-0.4, -0.2) is 37.4 Å². The van der Waals surface area contributed by atoms with Gasteiger partial charge in [-0.15, -0.1) is 0 Å². The molecule has 7 nitrogen and oxygen atoms in total. The molecule has 26 heavy (non-hydrogen) atoms. The molecule has 1 aromatic carbocycles. The average molecular weight is 483 g/mol. The second kappa shape index (κ2) is 8.05. The first-order valence-corrected chi connectivity index (χ1v) is 9.36. The molecule has 136 valence electrons. The van der Waals surface area contributed by atoms with Crippen LogP contribution in [0.15, 0.2) is 51.7 Å². The van der Waals surface area contributed by atoms with E-state index in [1.54, 1.807) is 39.8 Å². The van der Waals surface area contributed by atoms with E-state index in [1.807, 2.05) is 31.3 Å². The first-order valence-electron chi connectivity index (χ1n) is 7.77. The number of hydrogen-bond acceptors (Lipinski definition) is 4. The van der Waals surface area contributed by atoms with Crippen molar-refractivity contribution in [2.24, 2.45) is 7.05 Å². The van der Waals surface area contributed by atoms with Crippen molar-refractivity contribution in [2.75, 3.05) is 7.05 Å². The van der Waals surface area contributed by atoms with E-state index in [0.29, 0.717) is 12.2 Å². The molecule has 0 atom stereocenters. The maximum atomic E-state index is 12.6. The summed E-state index contributed by atoms with van der Waals surface area (Å²) >= 11 is 6.82. The Kier molecular flexibility index (Phi) is 5.77. The van der Waals surface area contributed by atoms with Crippen molar-refractivity contribution >= 4 is 37.8 Å². The van der Waals surface area contributed by atoms with E-state index in [4.69, 9.17) is 4.74 Å². The highest BCUT2D eigenvalue weighted by Crippen LogP contribution is 2.18. The molecule has 0 aliphatic carbocycles. The zero-order valence-corrected chi connectivity index (χ0v) is 17.4. The highest BCUT2D eigenvalue weighted by atomic mass is 79.9. The quantitative estimate of drug-likeness (QED) is 0.539. The fraction of sp³-hybridized carbons (Fsp3) is 0.235. The first-order chi connectivity index (χ1) is 12.4. The molecular weight excluding hydrogens is 466 g/mol. The lowest BCUT2D eigenvalue weighted by Crippen LogP contribution is -2.28. The van der Waals surface area contributed by atoms with Gasteiger partial charge in [0.15, 0.2) is 12.4 Å². The van der Waals surface area contributed by atoms with E-state index < -0.39 is 0 Å². The topological polar surface area (TPSA) is 65.2 Å². The summed E-state index contributed by atoms with van der Waals surface area (Å²) in [6.07, 6.45) is 3.43. The van der Waals surface area contributed by atoms with Crippen molar-refractivity contribution < 1.29 is 9.53 Å². The minimum atomic E-state index is -0.166. The number of aryl methyl sites for hydroxylation is 1. The number of amides is 1. The maximum Gasteiger partial charge on any atom is 0.274 e. The number of hydrogen-bond donors (Lipinski definition) is 0. The molecule has 0 saturated heterocycles. The molecule has 1 amide bonds. The molecule has 0 unspecified atom stereocenters. The molecule has 0 saturated carbocycles. The van der Waals surface area contributed by atoms with E-state index in [9.17, 15) is 4.79 Å². The third-order valence-electron chi connectivity index (χ3n) is 3.78. The molecule has 0 spiro atoms.